The molecule has 1 N–H and O–H groups in total. The van der Waals surface area contributed by atoms with E-state index < -0.39 is 0 Å². The van der Waals surface area contributed by atoms with E-state index in [0.29, 0.717) is 26.4 Å². The van der Waals surface area contributed by atoms with Gasteiger partial charge in [0, 0.05) is 6.54 Å². The molecular weight excluding hydrogens is 214 g/mol. The molecule has 0 aromatic rings. The molecule has 0 rings (SSSR count). The molecule has 0 heterocycles. The van der Waals surface area contributed by atoms with Crippen molar-refractivity contribution in [1.82, 2.24) is 5.32 Å². The summed E-state index contributed by atoms with van der Waals surface area (Å²) in [5.74, 6) is -0.680. The zero-order valence-electron chi connectivity index (χ0n) is 9.78. The maximum absolute atomic E-state index is 10.9. The number of esters is 2. The zero-order chi connectivity index (χ0) is 12.2. The van der Waals surface area contributed by atoms with Crippen molar-refractivity contribution < 1.29 is 23.8 Å². The van der Waals surface area contributed by atoms with Gasteiger partial charge in [0.05, 0.1) is 26.4 Å². The minimum atomic E-state index is -0.382. The first-order valence-electron chi connectivity index (χ1n) is 5.30. The van der Waals surface area contributed by atoms with Crippen LogP contribution in [0.5, 0.6) is 0 Å². The van der Waals surface area contributed by atoms with E-state index in [4.69, 9.17) is 9.47 Å². The van der Waals surface area contributed by atoms with Crippen molar-refractivity contribution in [2.45, 2.75) is 13.8 Å². The summed E-state index contributed by atoms with van der Waals surface area (Å²) in [4.78, 5) is 21.7. The monoisotopic (exact) mass is 233 g/mol. The molecule has 6 nitrogen and oxygen atoms in total. The fourth-order valence-electron chi connectivity index (χ4n) is 0.905. The van der Waals surface area contributed by atoms with Crippen molar-refractivity contribution in [1.29, 1.82) is 0 Å². The minimum Gasteiger partial charge on any atom is -0.465 e. The lowest BCUT2D eigenvalue weighted by Crippen LogP contribution is -2.28. The van der Waals surface area contributed by atoms with Crippen LogP contribution < -0.4 is 5.32 Å². The molecule has 94 valence electrons. The molecule has 0 fully saturated rings. The highest BCUT2D eigenvalue weighted by Gasteiger charge is 2.02. The fraction of sp³-hybridized carbons (Fsp3) is 0.800. The van der Waals surface area contributed by atoms with Crippen LogP contribution in [0.4, 0.5) is 0 Å². The third-order valence-electron chi connectivity index (χ3n) is 1.52. The molecule has 0 aromatic carbocycles. The van der Waals surface area contributed by atoms with Gasteiger partial charge in [-0.25, -0.2) is 4.79 Å². The second kappa shape index (κ2) is 10.4. The van der Waals surface area contributed by atoms with Gasteiger partial charge in [-0.2, -0.15) is 0 Å². The van der Waals surface area contributed by atoms with Gasteiger partial charge < -0.3 is 19.5 Å². The Balaban J connectivity index is 3.21. The summed E-state index contributed by atoms with van der Waals surface area (Å²) in [6.45, 7) is 5.13. The Morgan fingerprint density at radius 2 is 1.69 bits per heavy atom. The van der Waals surface area contributed by atoms with Crippen LogP contribution >= 0.6 is 0 Å². The van der Waals surface area contributed by atoms with Gasteiger partial charge in [0.1, 0.15) is 6.61 Å². The Morgan fingerprint density at radius 1 is 1.06 bits per heavy atom. The van der Waals surface area contributed by atoms with Gasteiger partial charge >= 0.3 is 11.9 Å². The first kappa shape index (κ1) is 14.9. The molecule has 0 aliphatic rings. The SMILES string of the molecule is CCOC(=O)CNCCOCC(=O)OCC. The molecule has 0 aliphatic carbocycles. The standard InChI is InChI=1S/C10H19NO5/c1-3-15-9(12)7-11-5-6-14-8-10(13)16-4-2/h11H,3-8H2,1-2H3. The predicted octanol–water partition coefficient (Wildman–Crippen LogP) is -0.281. The second-order valence-electron chi connectivity index (χ2n) is 2.84. The van der Waals surface area contributed by atoms with E-state index in [1.54, 1.807) is 13.8 Å². The Morgan fingerprint density at radius 3 is 2.31 bits per heavy atom. The van der Waals surface area contributed by atoms with Gasteiger partial charge in [0.25, 0.3) is 0 Å². The first-order valence-corrected chi connectivity index (χ1v) is 5.30. The molecular formula is C10H19NO5. The molecule has 0 atom stereocenters. The highest BCUT2D eigenvalue weighted by atomic mass is 16.6. The van der Waals surface area contributed by atoms with Gasteiger partial charge in [-0.05, 0) is 13.8 Å². The molecule has 0 unspecified atom stereocenters. The Hall–Kier alpha value is -1.14. The molecule has 16 heavy (non-hydrogen) atoms. The summed E-state index contributed by atoms with van der Waals surface area (Å²) in [6, 6.07) is 0. The van der Waals surface area contributed by atoms with E-state index in [9.17, 15) is 9.59 Å². The zero-order valence-corrected chi connectivity index (χ0v) is 9.78. The molecule has 0 saturated carbocycles. The third-order valence-corrected chi connectivity index (χ3v) is 1.52. The number of carbonyl (C=O) groups excluding carboxylic acids is 2. The van der Waals surface area contributed by atoms with E-state index in [-0.39, 0.29) is 25.1 Å². The van der Waals surface area contributed by atoms with Crippen LogP contribution in [0.25, 0.3) is 0 Å². The van der Waals surface area contributed by atoms with Crippen molar-refractivity contribution in [2.75, 3.05) is 39.5 Å². The van der Waals surface area contributed by atoms with Gasteiger partial charge in [0.15, 0.2) is 0 Å². The molecule has 0 saturated heterocycles. The van der Waals surface area contributed by atoms with E-state index in [1.807, 2.05) is 0 Å². The fourth-order valence-corrected chi connectivity index (χ4v) is 0.905. The van der Waals surface area contributed by atoms with Crippen LogP contribution in [0.15, 0.2) is 0 Å². The summed E-state index contributed by atoms with van der Waals surface area (Å²) in [5, 5.41) is 2.82. The van der Waals surface area contributed by atoms with Gasteiger partial charge in [-0.1, -0.05) is 0 Å². The van der Waals surface area contributed by atoms with Crippen molar-refractivity contribution in [2.24, 2.45) is 0 Å². The van der Waals surface area contributed by atoms with Crippen LogP contribution in [0, 0.1) is 0 Å². The number of nitrogens with one attached hydrogen (secondary N) is 1. The van der Waals surface area contributed by atoms with Crippen LogP contribution in [0.1, 0.15) is 13.8 Å². The molecule has 0 amide bonds. The average Bonchev–Trinajstić information content (AvgIpc) is 2.24. The third kappa shape index (κ3) is 9.42. The van der Waals surface area contributed by atoms with Crippen molar-refractivity contribution in [3.8, 4) is 0 Å². The maximum Gasteiger partial charge on any atom is 0.332 e. The molecule has 0 bridgehead atoms. The minimum absolute atomic E-state index is 0.0606. The molecule has 0 aromatic heterocycles. The average molecular weight is 233 g/mol. The summed E-state index contributed by atoms with van der Waals surface area (Å²) >= 11 is 0. The number of carbonyl (C=O) groups is 2. The molecule has 0 spiro atoms. The number of hydrogen-bond acceptors (Lipinski definition) is 6. The number of rotatable bonds is 9. The van der Waals surface area contributed by atoms with Crippen LogP contribution in [-0.2, 0) is 23.8 Å². The topological polar surface area (TPSA) is 73.9 Å². The lowest BCUT2D eigenvalue weighted by molar-refractivity contribution is -0.148. The van der Waals surface area contributed by atoms with Crippen LogP contribution in [0.2, 0.25) is 0 Å². The van der Waals surface area contributed by atoms with Crippen LogP contribution in [0.3, 0.4) is 0 Å². The number of ether oxygens (including phenoxy) is 3. The number of hydrogen-bond donors (Lipinski definition) is 1. The Bertz CT molecular complexity index is 185. The quantitative estimate of drug-likeness (QED) is 0.436. The predicted molar refractivity (Wildman–Crippen MR) is 57.0 cm³/mol. The lowest BCUT2D eigenvalue weighted by Gasteiger charge is -2.05. The highest BCUT2D eigenvalue weighted by Crippen LogP contribution is 1.81. The van der Waals surface area contributed by atoms with Gasteiger partial charge in [0.2, 0.25) is 0 Å². The Labute approximate surface area is 95.2 Å². The normalized spacial score (nSPS) is 9.88. The first-order chi connectivity index (χ1) is 7.70. The largest absolute Gasteiger partial charge is 0.465 e. The summed E-state index contributed by atoms with van der Waals surface area (Å²) in [7, 11) is 0. The molecule has 0 aliphatic heterocycles. The van der Waals surface area contributed by atoms with E-state index in [2.05, 4.69) is 10.1 Å². The van der Waals surface area contributed by atoms with Gasteiger partial charge in [-0.15, -0.1) is 0 Å². The Kier molecular flexibility index (Phi) is 9.64. The highest BCUT2D eigenvalue weighted by molar-refractivity contribution is 5.71. The summed E-state index contributed by atoms with van der Waals surface area (Å²) in [6.07, 6.45) is 0. The molecule has 0 radical (unpaired) electrons. The van der Waals surface area contributed by atoms with Crippen LogP contribution in [-0.4, -0.2) is 51.5 Å². The summed E-state index contributed by atoms with van der Waals surface area (Å²) < 4.78 is 14.4. The van der Waals surface area contributed by atoms with Crippen molar-refractivity contribution in [3.63, 3.8) is 0 Å². The lowest BCUT2D eigenvalue weighted by atomic mass is 10.6. The summed E-state index contributed by atoms with van der Waals surface area (Å²) in [5.41, 5.74) is 0. The van der Waals surface area contributed by atoms with Gasteiger partial charge in [-0.3, -0.25) is 4.79 Å². The van der Waals surface area contributed by atoms with E-state index in [1.165, 1.54) is 0 Å². The molecule has 6 heteroatoms. The van der Waals surface area contributed by atoms with E-state index in [0.717, 1.165) is 0 Å². The smallest absolute Gasteiger partial charge is 0.332 e. The van der Waals surface area contributed by atoms with Crippen molar-refractivity contribution in [3.05, 3.63) is 0 Å². The maximum atomic E-state index is 10.9. The van der Waals surface area contributed by atoms with Crippen molar-refractivity contribution >= 4 is 11.9 Å². The van der Waals surface area contributed by atoms with E-state index >= 15 is 0 Å². The second-order valence-corrected chi connectivity index (χ2v) is 2.84.